The average Bonchev–Trinajstić information content (AvgIpc) is 2.15. The number of rotatable bonds is 1. The van der Waals surface area contributed by atoms with Crippen LogP contribution in [0, 0.1) is 0 Å². The van der Waals surface area contributed by atoms with E-state index in [2.05, 4.69) is 0 Å². The van der Waals surface area contributed by atoms with Crippen LogP contribution in [0.25, 0.3) is 0 Å². The van der Waals surface area contributed by atoms with Gasteiger partial charge in [-0.3, -0.25) is 4.84 Å². The molecule has 1 rings (SSSR count). The van der Waals surface area contributed by atoms with E-state index >= 15 is 0 Å². The second-order valence-corrected chi connectivity index (χ2v) is 4.33. The Kier molecular flexibility index (Phi) is 3.71. The molecular weight excluding hydrogens is 198 g/mol. The molecule has 0 fully saturated rings. The first-order chi connectivity index (χ1) is 6.92. The van der Waals surface area contributed by atoms with Gasteiger partial charge in [-0.05, 0) is 26.3 Å². The van der Waals surface area contributed by atoms with E-state index in [0.29, 0.717) is 0 Å². The zero-order valence-corrected chi connectivity index (χ0v) is 9.32. The molecule has 0 bridgehead atoms. The monoisotopic (exact) mass is 215 g/mol. The fourth-order valence-corrected chi connectivity index (χ4v) is 1.08. The number of aliphatic hydroxyl groups is 1. The third-order valence-corrected chi connectivity index (χ3v) is 1.75. The molecule has 1 aliphatic rings. The van der Waals surface area contributed by atoms with Crippen molar-refractivity contribution in [2.75, 3.05) is 19.8 Å². The van der Waals surface area contributed by atoms with E-state index < -0.39 is 11.7 Å². The summed E-state index contributed by atoms with van der Waals surface area (Å²) in [5, 5.41) is 10.0. The summed E-state index contributed by atoms with van der Waals surface area (Å²) in [6.45, 7) is 5.84. The fraction of sp³-hybridized carbons (Fsp3) is 0.700. The molecule has 5 heteroatoms. The zero-order valence-electron chi connectivity index (χ0n) is 9.32. The van der Waals surface area contributed by atoms with Crippen LogP contribution >= 0.6 is 0 Å². The highest BCUT2D eigenvalue weighted by molar-refractivity contribution is 5.67. The van der Waals surface area contributed by atoms with E-state index in [1.807, 2.05) is 0 Å². The van der Waals surface area contributed by atoms with E-state index in [4.69, 9.17) is 14.7 Å². The summed E-state index contributed by atoms with van der Waals surface area (Å²) in [5.41, 5.74) is 0.216. The van der Waals surface area contributed by atoms with Gasteiger partial charge in [0.2, 0.25) is 0 Å². The van der Waals surface area contributed by atoms with Crippen LogP contribution in [0.3, 0.4) is 0 Å². The molecule has 1 N–H and O–H groups in total. The molecule has 1 heterocycles. The minimum atomic E-state index is -0.541. The van der Waals surface area contributed by atoms with Crippen molar-refractivity contribution >= 4 is 6.09 Å². The van der Waals surface area contributed by atoms with Crippen LogP contribution < -0.4 is 0 Å². The van der Waals surface area contributed by atoms with Crippen molar-refractivity contribution < 1.29 is 19.5 Å². The Labute approximate surface area is 89.2 Å². The molecule has 0 radical (unpaired) electrons. The average molecular weight is 215 g/mol. The molecule has 0 aromatic rings. The summed E-state index contributed by atoms with van der Waals surface area (Å²) in [4.78, 5) is 16.6. The van der Waals surface area contributed by atoms with E-state index in [-0.39, 0.29) is 19.8 Å². The predicted molar refractivity (Wildman–Crippen MR) is 54.1 cm³/mol. The number of aliphatic hydroxyl groups excluding tert-OH is 1. The molecule has 0 unspecified atom stereocenters. The number of amides is 1. The van der Waals surface area contributed by atoms with Crippen molar-refractivity contribution in [1.29, 1.82) is 0 Å². The highest BCUT2D eigenvalue weighted by Gasteiger charge is 2.25. The van der Waals surface area contributed by atoms with Gasteiger partial charge in [0, 0.05) is 0 Å². The summed E-state index contributed by atoms with van der Waals surface area (Å²) in [6, 6.07) is 0. The van der Waals surface area contributed by atoms with Gasteiger partial charge in [0.25, 0.3) is 0 Å². The highest BCUT2D eigenvalue weighted by Crippen LogP contribution is 2.13. The lowest BCUT2D eigenvalue weighted by molar-refractivity contribution is -0.139. The minimum absolute atomic E-state index is 0.0668. The predicted octanol–water partition coefficient (Wildman–Crippen LogP) is 1.09. The van der Waals surface area contributed by atoms with Gasteiger partial charge in [0.1, 0.15) is 5.60 Å². The fourth-order valence-electron chi connectivity index (χ4n) is 1.08. The van der Waals surface area contributed by atoms with Gasteiger partial charge in [-0.15, -0.1) is 0 Å². The maximum atomic E-state index is 11.5. The standard InChI is InChI=1S/C10H17NO4/c1-10(2,3)15-9(13)11-6-8(7-12)4-5-14-11/h4,12H,5-7H2,1-3H3. The van der Waals surface area contributed by atoms with Crippen LogP contribution in [-0.2, 0) is 9.57 Å². The molecule has 0 atom stereocenters. The Morgan fingerprint density at radius 2 is 2.33 bits per heavy atom. The number of hydrogen-bond donors (Lipinski definition) is 1. The van der Waals surface area contributed by atoms with Crippen LogP contribution in [0.2, 0.25) is 0 Å². The van der Waals surface area contributed by atoms with Gasteiger partial charge in [-0.25, -0.2) is 4.79 Å². The van der Waals surface area contributed by atoms with Crippen molar-refractivity contribution in [2.45, 2.75) is 26.4 Å². The molecule has 0 aromatic carbocycles. The van der Waals surface area contributed by atoms with E-state index in [0.717, 1.165) is 10.6 Å². The largest absolute Gasteiger partial charge is 0.442 e. The lowest BCUT2D eigenvalue weighted by Crippen LogP contribution is -2.40. The van der Waals surface area contributed by atoms with Crippen molar-refractivity contribution in [3.8, 4) is 0 Å². The first-order valence-corrected chi connectivity index (χ1v) is 4.84. The Bertz CT molecular complexity index is 267. The number of hydrogen-bond acceptors (Lipinski definition) is 4. The maximum Gasteiger partial charge on any atom is 0.434 e. The van der Waals surface area contributed by atoms with Crippen LogP contribution in [0.4, 0.5) is 4.79 Å². The van der Waals surface area contributed by atoms with Crippen LogP contribution in [0.1, 0.15) is 20.8 Å². The Balaban J connectivity index is 2.52. The first kappa shape index (κ1) is 12.0. The molecule has 0 saturated heterocycles. The molecular formula is C10H17NO4. The summed E-state index contributed by atoms with van der Waals surface area (Å²) in [7, 11) is 0. The molecule has 0 spiro atoms. The van der Waals surface area contributed by atoms with E-state index in [9.17, 15) is 4.79 Å². The molecule has 86 valence electrons. The maximum absolute atomic E-state index is 11.5. The van der Waals surface area contributed by atoms with Crippen molar-refractivity contribution in [2.24, 2.45) is 0 Å². The Morgan fingerprint density at radius 3 is 2.87 bits per heavy atom. The zero-order chi connectivity index (χ0) is 11.5. The van der Waals surface area contributed by atoms with Gasteiger partial charge in [0.15, 0.2) is 0 Å². The molecule has 0 aliphatic carbocycles. The summed E-state index contributed by atoms with van der Waals surface area (Å²) >= 11 is 0. The first-order valence-electron chi connectivity index (χ1n) is 4.84. The van der Waals surface area contributed by atoms with E-state index in [1.54, 1.807) is 26.8 Å². The van der Waals surface area contributed by atoms with Crippen molar-refractivity contribution in [1.82, 2.24) is 5.06 Å². The molecule has 1 aliphatic heterocycles. The number of ether oxygens (including phenoxy) is 1. The summed E-state index contributed by atoms with van der Waals surface area (Å²) < 4.78 is 5.12. The Morgan fingerprint density at radius 1 is 1.67 bits per heavy atom. The highest BCUT2D eigenvalue weighted by atomic mass is 16.7. The third kappa shape index (κ3) is 3.89. The van der Waals surface area contributed by atoms with E-state index in [1.165, 1.54) is 0 Å². The van der Waals surface area contributed by atoms with Gasteiger partial charge in [0.05, 0.1) is 19.8 Å². The van der Waals surface area contributed by atoms with Crippen LogP contribution in [0.15, 0.2) is 11.6 Å². The third-order valence-electron chi connectivity index (χ3n) is 1.75. The Hall–Kier alpha value is -1.07. The second-order valence-electron chi connectivity index (χ2n) is 4.33. The minimum Gasteiger partial charge on any atom is -0.442 e. The smallest absolute Gasteiger partial charge is 0.434 e. The van der Waals surface area contributed by atoms with Crippen molar-refractivity contribution in [3.63, 3.8) is 0 Å². The van der Waals surface area contributed by atoms with Crippen LogP contribution in [-0.4, -0.2) is 41.6 Å². The quantitative estimate of drug-likeness (QED) is 0.665. The molecule has 5 nitrogen and oxygen atoms in total. The van der Waals surface area contributed by atoms with Gasteiger partial charge in [-0.1, -0.05) is 6.08 Å². The molecule has 1 amide bonds. The van der Waals surface area contributed by atoms with Crippen molar-refractivity contribution in [3.05, 3.63) is 11.6 Å². The molecule has 15 heavy (non-hydrogen) atoms. The summed E-state index contributed by atoms with van der Waals surface area (Å²) in [5.74, 6) is 0. The van der Waals surface area contributed by atoms with Gasteiger partial charge < -0.3 is 9.84 Å². The normalized spacial score (nSPS) is 17.3. The topological polar surface area (TPSA) is 59.0 Å². The second kappa shape index (κ2) is 4.63. The van der Waals surface area contributed by atoms with Gasteiger partial charge >= 0.3 is 6.09 Å². The lowest BCUT2D eigenvalue weighted by Gasteiger charge is -2.28. The molecule has 0 aromatic heterocycles. The number of carbonyl (C=O) groups is 1. The summed E-state index contributed by atoms with van der Waals surface area (Å²) in [6.07, 6.45) is 1.22. The lowest BCUT2D eigenvalue weighted by atomic mass is 10.2. The molecule has 0 saturated carbocycles. The van der Waals surface area contributed by atoms with Crippen LogP contribution in [0.5, 0.6) is 0 Å². The SMILES string of the molecule is CC(C)(C)OC(=O)N1CC(CO)=CCO1. The number of nitrogens with zero attached hydrogens (tertiary/aromatic N) is 1. The number of hydroxylamine groups is 2. The number of carbonyl (C=O) groups excluding carboxylic acids is 1. The van der Waals surface area contributed by atoms with Gasteiger partial charge in [-0.2, -0.15) is 5.06 Å².